The van der Waals surface area contributed by atoms with Gasteiger partial charge in [0.05, 0.1) is 11.2 Å². The summed E-state index contributed by atoms with van der Waals surface area (Å²) in [5.41, 5.74) is -0.804. The summed E-state index contributed by atoms with van der Waals surface area (Å²) in [4.78, 5) is 23.1. The second-order valence-corrected chi connectivity index (χ2v) is 7.94. The van der Waals surface area contributed by atoms with Crippen molar-refractivity contribution < 1.29 is 14.7 Å². The van der Waals surface area contributed by atoms with Gasteiger partial charge in [-0.15, -0.1) is 11.8 Å². The molecule has 2 atom stereocenters. The second kappa shape index (κ2) is 5.51. The molecule has 0 radical (unpaired) electrons. The van der Waals surface area contributed by atoms with E-state index in [1.165, 1.54) is 0 Å². The zero-order valence-electron chi connectivity index (χ0n) is 11.6. The number of amides is 1. The maximum absolute atomic E-state index is 11.8. The van der Waals surface area contributed by atoms with Crippen molar-refractivity contribution in [3.05, 3.63) is 0 Å². The Bertz CT molecular complexity index is 338. The van der Waals surface area contributed by atoms with Crippen LogP contribution in [0, 0.1) is 5.41 Å². The molecule has 18 heavy (non-hydrogen) atoms. The highest BCUT2D eigenvalue weighted by Crippen LogP contribution is 2.38. The molecule has 5 heteroatoms. The summed E-state index contributed by atoms with van der Waals surface area (Å²) in [5.74, 6) is -0.488. The fourth-order valence-corrected chi connectivity index (χ4v) is 2.82. The van der Waals surface area contributed by atoms with Crippen LogP contribution < -0.4 is 5.32 Å². The molecule has 2 unspecified atom stereocenters. The molecule has 1 rings (SSSR count). The molecule has 1 fully saturated rings. The third-order valence-corrected chi connectivity index (χ3v) is 4.69. The first-order chi connectivity index (χ1) is 8.15. The second-order valence-electron chi connectivity index (χ2n) is 6.14. The predicted octanol–water partition coefficient (Wildman–Crippen LogP) is 2.28. The molecular weight excluding hydrogens is 250 g/mol. The maximum Gasteiger partial charge on any atom is 0.311 e. The van der Waals surface area contributed by atoms with E-state index in [-0.39, 0.29) is 16.7 Å². The minimum Gasteiger partial charge on any atom is -0.481 e. The third kappa shape index (κ3) is 3.90. The SMILES string of the molecule is CC(C)(C)SCC(=O)NC1CCCC1(C)C(=O)O. The lowest BCUT2D eigenvalue weighted by Crippen LogP contribution is -2.47. The highest BCUT2D eigenvalue weighted by molar-refractivity contribution is 8.01. The number of hydrogen-bond donors (Lipinski definition) is 2. The van der Waals surface area contributed by atoms with E-state index in [0.29, 0.717) is 12.2 Å². The Hall–Kier alpha value is -0.710. The average Bonchev–Trinajstić information content (AvgIpc) is 2.58. The molecular formula is C13H23NO3S. The van der Waals surface area contributed by atoms with Crippen LogP contribution in [0.15, 0.2) is 0 Å². The minimum absolute atomic E-state index is 0.0448. The van der Waals surface area contributed by atoms with Crippen molar-refractivity contribution in [1.82, 2.24) is 5.32 Å². The Labute approximate surface area is 113 Å². The van der Waals surface area contributed by atoms with Gasteiger partial charge in [0.2, 0.25) is 5.91 Å². The van der Waals surface area contributed by atoms with Crippen LogP contribution in [0.5, 0.6) is 0 Å². The highest BCUT2D eigenvalue weighted by atomic mass is 32.2. The molecule has 0 saturated heterocycles. The van der Waals surface area contributed by atoms with Crippen LogP contribution in [-0.2, 0) is 9.59 Å². The zero-order valence-corrected chi connectivity index (χ0v) is 12.4. The largest absolute Gasteiger partial charge is 0.481 e. The highest BCUT2D eigenvalue weighted by Gasteiger charge is 2.45. The molecule has 1 aliphatic carbocycles. The summed E-state index contributed by atoms with van der Waals surface area (Å²) in [6.07, 6.45) is 2.26. The van der Waals surface area contributed by atoms with Gasteiger partial charge in [0, 0.05) is 10.8 Å². The van der Waals surface area contributed by atoms with Crippen LogP contribution in [0.4, 0.5) is 0 Å². The van der Waals surface area contributed by atoms with Crippen LogP contribution in [0.3, 0.4) is 0 Å². The van der Waals surface area contributed by atoms with Gasteiger partial charge in [-0.1, -0.05) is 27.2 Å². The lowest BCUT2D eigenvalue weighted by Gasteiger charge is -2.28. The molecule has 0 spiro atoms. The number of carbonyl (C=O) groups excluding carboxylic acids is 1. The summed E-state index contributed by atoms with van der Waals surface area (Å²) in [7, 11) is 0. The fraction of sp³-hybridized carbons (Fsp3) is 0.846. The van der Waals surface area contributed by atoms with Crippen molar-refractivity contribution >= 4 is 23.6 Å². The van der Waals surface area contributed by atoms with Gasteiger partial charge in [0.25, 0.3) is 0 Å². The smallest absolute Gasteiger partial charge is 0.311 e. The number of nitrogens with one attached hydrogen (secondary N) is 1. The molecule has 0 aromatic heterocycles. The van der Waals surface area contributed by atoms with Gasteiger partial charge in [-0.2, -0.15) is 0 Å². The molecule has 0 aliphatic heterocycles. The Morgan fingerprint density at radius 2 is 2.06 bits per heavy atom. The van der Waals surface area contributed by atoms with Gasteiger partial charge in [0.15, 0.2) is 0 Å². The summed E-state index contributed by atoms with van der Waals surface area (Å²) in [6.45, 7) is 7.90. The lowest BCUT2D eigenvalue weighted by molar-refractivity contribution is -0.149. The van der Waals surface area contributed by atoms with Crippen molar-refractivity contribution in [2.24, 2.45) is 5.41 Å². The van der Waals surface area contributed by atoms with Gasteiger partial charge >= 0.3 is 5.97 Å². The number of rotatable bonds is 4. The summed E-state index contributed by atoms with van der Waals surface area (Å²) in [5, 5.41) is 12.1. The molecule has 0 bridgehead atoms. The molecule has 0 aromatic rings. The Morgan fingerprint density at radius 3 is 2.56 bits per heavy atom. The number of carboxylic acid groups (broad SMARTS) is 1. The molecule has 0 heterocycles. The topological polar surface area (TPSA) is 66.4 Å². The van der Waals surface area contributed by atoms with Gasteiger partial charge in [-0.05, 0) is 19.8 Å². The molecule has 1 saturated carbocycles. The van der Waals surface area contributed by atoms with E-state index in [0.717, 1.165) is 12.8 Å². The van der Waals surface area contributed by atoms with Crippen LogP contribution in [0.2, 0.25) is 0 Å². The molecule has 2 N–H and O–H groups in total. The lowest BCUT2D eigenvalue weighted by atomic mass is 9.85. The van der Waals surface area contributed by atoms with E-state index < -0.39 is 11.4 Å². The van der Waals surface area contributed by atoms with E-state index in [9.17, 15) is 14.7 Å². The molecule has 1 aliphatic rings. The Kier molecular flexibility index (Phi) is 4.70. The Morgan fingerprint density at radius 1 is 1.44 bits per heavy atom. The van der Waals surface area contributed by atoms with Gasteiger partial charge < -0.3 is 10.4 Å². The van der Waals surface area contributed by atoms with E-state index in [4.69, 9.17) is 0 Å². The number of aliphatic carboxylic acids is 1. The van der Waals surface area contributed by atoms with E-state index >= 15 is 0 Å². The maximum atomic E-state index is 11.8. The van der Waals surface area contributed by atoms with Gasteiger partial charge in [-0.3, -0.25) is 9.59 Å². The monoisotopic (exact) mass is 273 g/mol. The average molecular weight is 273 g/mol. The van der Waals surface area contributed by atoms with E-state index in [1.807, 2.05) is 0 Å². The van der Waals surface area contributed by atoms with Gasteiger partial charge in [-0.25, -0.2) is 0 Å². The zero-order chi connectivity index (χ0) is 14.0. The van der Waals surface area contributed by atoms with Crippen molar-refractivity contribution in [2.75, 3.05) is 5.75 Å². The van der Waals surface area contributed by atoms with Crippen molar-refractivity contribution in [3.63, 3.8) is 0 Å². The summed E-state index contributed by atoms with van der Waals surface area (Å²) < 4.78 is 0.0448. The first-order valence-corrected chi connectivity index (χ1v) is 7.30. The van der Waals surface area contributed by atoms with Crippen LogP contribution >= 0.6 is 11.8 Å². The molecule has 0 aromatic carbocycles. The normalized spacial score (nSPS) is 28.1. The number of carboxylic acids is 1. The van der Waals surface area contributed by atoms with Crippen LogP contribution in [-0.4, -0.2) is 33.5 Å². The molecule has 104 valence electrons. The first kappa shape index (κ1) is 15.3. The molecule has 4 nitrogen and oxygen atoms in total. The van der Waals surface area contributed by atoms with Crippen molar-refractivity contribution in [1.29, 1.82) is 0 Å². The molecule has 1 amide bonds. The standard InChI is InChI=1S/C13H23NO3S/c1-12(2,3)18-8-10(15)14-9-6-5-7-13(9,4)11(16)17/h9H,5-8H2,1-4H3,(H,14,15)(H,16,17). The summed E-state index contributed by atoms with van der Waals surface area (Å²) >= 11 is 1.57. The van der Waals surface area contributed by atoms with E-state index in [2.05, 4.69) is 26.1 Å². The number of carbonyl (C=O) groups is 2. The third-order valence-electron chi connectivity index (χ3n) is 3.42. The fourth-order valence-electron chi connectivity index (χ4n) is 2.17. The Balaban J connectivity index is 2.52. The van der Waals surface area contributed by atoms with Crippen molar-refractivity contribution in [3.8, 4) is 0 Å². The van der Waals surface area contributed by atoms with Crippen molar-refractivity contribution in [2.45, 2.75) is 57.7 Å². The number of hydrogen-bond acceptors (Lipinski definition) is 3. The van der Waals surface area contributed by atoms with E-state index in [1.54, 1.807) is 18.7 Å². The van der Waals surface area contributed by atoms with Crippen LogP contribution in [0.25, 0.3) is 0 Å². The van der Waals surface area contributed by atoms with Crippen LogP contribution in [0.1, 0.15) is 47.0 Å². The van der Waals surface area contributed by atoms with Gasteiger partial charge in [0.1, 0.15) is 0 Å². The minimum atomic E-state index is -0.811. The predicted molar refractivity (Wildman–Crippen MR) is 73.7 cm³/mol. The first-order valence-electron chi connectivity index (χ1n) is 6.32. The summed E-state index contributed by atoms with van der Waals surface area (Å²) in [6, 6.07) is -0.233. The number of thioether (sulfide) groups is 1. The quantitative estimate of drug-likeness (QED) is 0.824.